The molecule has 3 aromatic carbocycles. The molecule has 3 heterocycles. The van der Waals surface area contributed by atoms with Crippen LogP contribution >= 0.6 is 0 Å². The molecule has 0 spiro atoms. The van der Waals surface area contributed by atoms with E-state index in [-0.39, 0.29) is 21.5 Å². The van der Waals surface area contributed by atoms with Gasteiger partial charge in [0.25, 0.3) is 0 Å². The summed E-state index contributed by atoms with van der Waals surface area (Å²) in [6, 6.07) is 9.88. The van der Waals surface area contributed by atoms with Gasteiger partial charge in [-0.05, 0) is 33.7 Å². The van der Waals surface area contributed by atoms with Crippen molar-refractivity contribution in [3.63, 3.8) is 0 Å². The maximum atomic E-state index is 12.5. The Bertz CT molecular complexity index is 1520. The molecule has 3 aromatic heterocycles. The van der Waals surface area contributed by atoms with Crippen LogP contribution in [0.1, 0.15) is 0 Å². The quantitative estimate of drug-likeness (QED) is 0.404. The van der Waals surface area contributed by atoms with Crippen LogP contribution < -0.4 is 22.5 Å². The summed E-state index contributed by atoms with van der Waals surface area (Å²) in [4.78, 5) is 48.8. The average molecular weight is 318 g/mol. The van der Waals surface area contributed by atoms with Gasteiger partial charge in [-0.2, -0.15) is 0 Å². The van der Waals surface area contributed by atoms with Crippen molar-refractivity contribution in [1.29, 1.82) is 0 Å². The van der Waals surface area contributed by atoms with Crippen LogP contribution in [0, 0.1) is 0 Å². The predicted octanol–water partition coefficient (Wildman–Crippen LogP) is 1.80. The van der Waals surface area contributed by atoms with Gasteiger partial charge in [0.1, 0.15) is 0 Å². The highest BCUT2D eigenvalue weighted by Crippen LogP contribution is 2.32. The van der Waals surface area contributed by atoms with Crippen molar-refractivity contribution >= 4 is 43.1 Å². The summed E-state index contributed by atoms with van der Waals surface area (Å²) in [6.45, 7) is 0. The number of fused-ring (bicyclic) bond motifs is 4. The molecule has 0 N–H and O–H groups in total. The molecule has 0 fully saturated rings. The van der Waals surface area contributed by atoms with Gasteiger partial charge >= 0.3 is 22.5 Å². The van der Waals surface area contributed by atoms with Crippen LogP contribution in [0.25, 0.3) is 43.1 Å². The van der Waals surface area contributed by atoms with Crippen LogP contribution in [-0.2, 0) is 0 Å². The van der Waals surface area contributed by atoms with Crippen LogP contribution in [0.4, 0.5) is 0 Å². The molecule has 0 aliphatic rings. The van der Waals surface area contributed by atoms with Crippen molar-refractivity contribution in [3.8, 4) is 0 Å². The molecule has 6 heteroatoms. The minimum atomic E-state index is -0.972. The zero-order chi connectivity index (χ0) is 16.6. The van der Waals surface area contributed by atoms with E-state index in [1.165, 1.54) is 6.07 Å². The lowest BCUT2D eigenvalue weighted by Crippen LogP contribution is -2.08. The Morgan fingerprint density at radius 1 is 0.500 bits per heavy atom. The molecular formula is C18H6O6. The van der Waals surface area contributed by atoms with Gasteiger partial charge < -0.3 is 8.83 Å². The first-order chi connectivity index (χ1) is 11.6. The molecular weight excluding hydrogens is 312 g/mol. The lowest BCUT2D eigenvalue weighted by atomic mass is 9.96. The molecule has 6 bridgehead atoms. The maximum Gasteiger partial charge on any atom is 0.347 e. The van der Waals surface area contributed by atoms with Crippen molar-refractivity contribution in [3.05, 3.63) is 78.1 Å². The van der Waals surface area contributed by atoms with Gasteiger partial charge in [0.15, 0.2) is 0 Å². The van der Waals surface area contributed by atoms with Crippen molar-refractivity contribution in [2.45, 2.75) is 0 Å². The molecule has 114 valence electrons. The molecule has 0 saturated heterocycles. The summed E-state index contributed by atoms with van der Waals surface area (Å²) in [5.41, 5.74) is -3.50. The first-order valence-electron chi connectivity index (χ1n) is 7.12. The standard InChI is InChI=1S/C18H6O6/c19-15-10-3-1-2-7-8(10)4-5-9-11(7)6-12-14(13(9)17(21)23-15)18(22)24-16(12)20/h1-6H. The SMILES string of the molecule is O=c1oc(=O)c2c3ccc4c1cccc4c3cc1c(=O)oc(=O)c12. The molecule has 0 atom stereocenters. The Morgan fingerprint density at radius 2 is 1.04 bits per heavy atom. The highest BCUT2D eigenvalue weighted by molar-refractivity contribution is 6.23. The topological polar surface area (TPSA) is 94.6 Å². The Labute approximate surface area is 130 Å². The van der Waals surface area contributed by atoms with E-state index >= 15 is 0 Å². The molecule has 6 nitrogen and oxygen atoms in total. The highest BCUT2D eigenvalue weighted by atomic mass is 16.4. The summed E-state index contributed by atoms with van der Waals surface area (Å²) in [5, 5.41) is 2.30. The Morgan fingerprint density at radius 3 is 1.79 bits per heavy atom. The number of hydrogen-bond donors (Lipinski definition) is 0. The smallest absolute Gasteiger partial charge is 0.347 e. The Kier molecular flexibility index (Phi) is 2.19. The first-order valence-corrected chi connectivity index (χ1v) is 7.12. The van der Waals surface area contributed by atoms with Crippen LogP contribution in [0.3, 0.4) is 0 Å². The fraction of sp³-hybridized carbons (Fsp3) is 0. The highest BCUT2D eigenvalue weighted by Gasteiger charge is 2.19. The number of furan rings is 1. The van der Waals surface area contributed by atoms with E-state index in [9.17, 15) is 19.2 Å². The molecule has 24 heavy (non-hydrogen) atoms. The van der Waals surface area contributed by atoms with Crippen molar-refractivity contribution in [2.24, 2.45) is 0 Å². The molecule has 0 aliphatic carbocycles. The van der Waals surface area contributed by atoms with Gasteiger partial charge in [0.2, 0.25) is 0 Å². The van der Waals surface area contributed by atoms with Gasteiger partial charge in [0, 0.05) is 0 Å². The van der Waals surface area contributed by atoms with Crippen LogP contribution in [0.15, 0.2) is 64.4 Å². The molecule has 0 amide bonds. The van der Waals surface area contributed by atoms with Gasteiger partial charge in [-0.25, -0.2) is 19.2 Å². The summed E-state index contributed by atoms with van der Waals surface area (Å²) < 4.78 is 9.54. The third-order valence-electron chi connectivity index (χ3n) is 4.40. The number of rotatable bonds is 0. The van der Waals surface area contributed by atoms with E-state index in [2.05, 4.69) is 4.42 Å². The van der Waals surface area contributed by atoms with Crippen LogP contribution in [-0.4, -0.2) is 0 Å². The van der Waals surface area contributed by atoms with E-state index in [1.54, 1.807) is 30.3 Å². The van der Waals surface area contributed by atoms with E-state index in [1.807, 2.05) is 0 Å². The second-order valence-electron chi connectivity index (χ2n) is 5.59. The number of hydrogen-bond acceptors (Lipinski definition) is 6. The summed E-state index contributed by atoms with van der Waals surface area (Å²) >= 11 is 0. The molecule has 0 radical (unpaired) electrons. The third-order valence-corrected chi connectivity index (χ3v) is 4.40. The Hall–Kier alpha value is -3.54. The zero-order valence-electron chi connectivity index (χ0n) is 11.9. The first kappa shape index (κ1) is 13.0. The van der Waals surface area contributed by atoms with Crippen molar-refractivity contribution in [1.82, 2.24) is 0 Å². The van der Waals surface area contributed by atoms with E-state index in [0.717, 1.165) is 0 Å². The number of benzene rings is 3. The van der Waals surface area contributed by atoms with Crippen LogP contribution in [0.5, 0.6) is 0 Å². The van der Waals surface area contributed by atoms with Gasteiger partial charge in [-0.1, -0.05) is 24.3 Å². The average Bonchev–Trinajstić information content (AvgIpc) is 2.87. The molecule has 0 saturated carbocycles. The van der Waals surface area contributed by atoms with Gasteiger partial charge in [-0.3, -0.25) is 0 Å². The van der Waals surface area contributed by atoms with Crippen molar-refractivity contribution < 1.29 is 8.83 Å². The molecule has 0 unspecified atom stereocenters. The van der Waals surface area contributed by atoms with Crippen LogP contribution in [0.2, 0.25) is 0 Å². The maximum absolute atomic E-state index is 12.5. The second kappa shape index (κ2) is 4.05. The minimum absolute atomic E-state index is 0.00621. The summed E-state index contributed by atoms with van der Waals surface area (Å²) in [5.74, 6) is 0. The molecule has 0 aliphatic heterocycles. The normalized spacial score (nSPS) is 12.0. The predicted molar refractivity (Wildman–Crippen MR) is 88.5 cm³/mol. The van der Waals surface area contributed by atoms with E-state index in [0.29, 0.717) is 21.5 Å². The van der Waals surface area contributed by atoms with E-state index in [4.69, 9.17) is 4.42 Å². The molecule has 6 rings (SSSR count). The fourth-order valence-electron chi connectivity index (χ4n) is 3.38. The third kappa shape index (κ3) is 1.40. The monoisotopic (exact) mass is 318 g/mol. The fourth-order valence-corrected chi connectivity index (χ4v) is 3.38. The van der Waals surface area contributed by atoms with Gasteiger partial charge in [-0.15, -0.1) is 0 Å². The Balaban J connectivity index is 2.42. The second-order valence-corrected chi connectivity index (χ2v) is 5.59. The lowest BCUT2D eigenvalue weighted by Gasteiger charge is -2.04. The largest absolute Gasteiger partial charge is 0.386 e. The van der Waals surface area contributed by atoms with Gasteiger partial charge in [0.05, 0.1) is 21.5 Å². The molecule has 6 aromatic rings. The van der Waals surface area contributed by atoms with E-state index < -0.39 is 22.5 Å². The lowest BCUT2D eigenvalue weighted by molar-refractivity contribution is 0.490. The minimum Gasteiger partial charge on any atom is -0.386 e. The summed E-state index contributed by atoms with van der Waals surface area (Å²) in [7, 11) is 0. The van der Waals surface area contributed by atoms with Crippen molar-refractivity contribution in [2.75, 3.05) is 0 Å². The zero-order valence-corrected chi connectivity index (χ0v) is 11.9. The summed E-state index contributed by atoms with van der Waals surface area (Å²) in [6.07, 6.45) is 0.